The lowest BCUT2D eigenvalue weighted by molar-refractivity contribution is -0.704. The summed E-state index contributed by atoms with van der Waals surface area (Å²) in [6.07, 6.45) is 6.63. The number of alkyl halides is 6. The second kappa shape index (κ2) is 13.8. The first-order valence-electron chi connectivity index (χ1n) is 9.91. The van der Waals surface area contributed by atoms with Crippen LogP contribution in [0, 0.1) is 0 Å². The average Bonchev–Trinajstić information content (AvgIpc) is 2.74. The first-order chi connectivity index (χ1) is 15.9. The van der Waals surface area contributed by atoms with Crippen LogP contribution in [-0.2, 0) is 46.3 Å². The number of aryl methyl sites for hydroxylation is 2. The van der Waals surface area contributed by atoms with E-state index in [-0.39, 0.29) is 0 Å². The Kier molecular flexibility index (Phi) is 13.3. The molecule has 0 N–H and O–H groups in total. The number of sulfonamides is 2. The quantitative estimate of drug-likeness (QED) is 0.161. The molecule has 0 aliphatic carbocycles. The molecule has 0 aliphatic rings. The minimum atomic E-state index is -6.72. The van der Waals surface area contributed by atoms with Crippen molar-refractivity contribution in [1.82, 2.24) is 0 Å². The van der Waals surface area contributed by atoms with Gasteiger partial charge in [0.1, 0.15) is 6.54 Å². The molecule has 1 aromatic rings. The molecule has 0 atom stereocenters. The fourth-order valence-corrected chi connectivity index (χ4v) is 6.11. The smallest absolute Gasteiger partial charge is 0.421 e. The number of aromatic nitrogens is 1. The lowest BCUT2D eigenvalue weighted by Crippen LogP contribution is -2.43. The molecule has 1 rings (SSSR count). The Morgan fingerprint density at radius 1 is 0.886 bits per heavy atom. The van der Waals surface area contributed by atoms with Crippen LogP contribution in [0.5, 0.6) is 0 Å². The van der Waals surface area contributed by atoms with E-state index in [0.717, 1.165) is 36.0 Å². The van der Waals surface area contributed by atoms with Crippen LogP contribution in [-0.4, -0.2) is 58.0 Å². The maximum absolute atomic E-state index is 11.4. The summed E-state index contributed by atoms with van der Waals surface area (Å²) in [6.45, 7) is 3.25. The maximum atomic E-state index is 11.4. The van der Waals surface area contributed by atoms with E-state index < -0.39 is 39.9 Å². The van der Waals surface area contributed by atoms with Crippen molar-refractivity contribution in [2.75, 3.05) is 21.3 Å². The zero-order valence-electron chi connectivity index (χ0n) is 19.4. The highest BCUT2D eigenvalue weighted by molar-refractivity contribution is 8.13. The van der Waals surface area contributed by atoms with Gasteiger partial charge in [0.05, 0.1) is 0 Å². The van der Waals surface area contributed by atoms with E-state index in [9.17, 15) is 43.2 Å². The summed E-state index contributed by atoms with van der Waals surface area (Å²) >= 11 is 0. The van der Waals surface area contributed by atoms with E-state index in [4.69, 9.17) is 13.3 Å². The Bertz CT molecular complexity index is 935. The van der Waals surface area contributed by atoms with Crippen LogP contribution in [0.2, 0.25) is 6.04 Å². The van der Waals surface area contributed by atoms with Crippen LogP contribution in [0.1, 0.15) is 31.9 Å². The van der Waals surface area contributed by atoms with Gasteiger partial charge in [0.25, 0.3) is 0 Å². The molecule has 0 radical (unpaired) electrons. The second-order valence-electron chi connectivity index (χ2n) is 6.80. The molecule has 0 aliphatic heterocycles. The van der Waals surface area contributed by atoms with Crippen molar-refractivity contribution in [1.29, 1.82) is 0 Å². The summed E-state index contributed by atoms with van der Waals surface area (Å²) in [6, 6.07) is 7.28. The number of nitrogens with zero attached hydrogens (tertiary/aromatic N) is 2. The highest BCUT2D eigenvalue weighted by atomic mass is 32.3. The van der Waals surface area contributed by atoms with Crippen LogP contribution in [0.4, 0.5) is 26.3 Å². The van der Waals surface area contributed by atoms with E-state index in [1.165, 1.54) is 12.1 Å². The lowest BCUT2D eigenvalue weighted by atomic mass is 10.2. The molecule has 35 heavy (non-hydrogen) atoms. The number of hydrogen-bond donors (Lipinski definition) is 0. The molecule has 18 heteroatoms. The van der Waals surface area contributed by atoms with Gasteiger partial charge in [-0.25, -0.2) is 21.4 Å². The molecule has 206 valence electrons. The highest BCUT2D eigenvalue weighted by Crippen LogP contribution is 2.36. The fraction of sp³-hybridized carbons (Fsp3) is 0.706. The highest BCUT2D eigenvalue weighted by Gasteiger charge is 2.47. The van der Waals surface area contributed by atoms with Gasteiger partial charge in [-0.2, -0.15) is 26.3 Å². The van der Waals surface area contributed by atoms with Crippen LogP contribution in [0.25, 0.3) is 4.13 Å². The van der Waals surface area contributed by atoms with Crippen LogP contribution < -0.4 is 4.57 Å². The summed E-state index contributed by atoms with van der Waals surface area (Å²) in [5.74, 6) is 0. The molecule has 0 spiro atoms. The summed E-state index contributed by atoms with van der Waals surface area (Å²) in [5, 5.41) is 0. The van der Waals surface area contributed by atoms with Gasteiger partial charge in [0, 0.05) is 52.3 Å². The number of unbranched alkanes of at least 4 members (excludes halogenated alkanes) is 1. The van der Waals surface area contributed by atoms with Crippen molar-refractivity contribution >= 4 is 28.9 Å². The molecule has 0 saturated heterocycles. The Labute approximate surface area is 201 Å². The second-order valence-corrected chi connectivity index (χ2v) is 13.3. The molecule has 0 saturated carbocycles. The number of halogens is 6. The third kappa shape index (κ3) is 10.7. The van der Waals surface area contributed by atoms with E-state index >= 15 is 0 Å². The van der Waals surface area contributed by atoms with Crippen molar-refractivity contribution in [2.24, 2.45) is 0 Å². The minimum Gasteiger partial charge on any atom is -0.421 e. The van der Waals surface area contributed by atoms with Gasteiger partial charge < -0.3 is 17.4 Å². The van der Waals surface area contributed by atoms with Crippen LogP contribution >= 0.6 is 0 Å². The van der Waals surface area contributed by atoms with E-state index in [1.807, 2.05) is 0 Å². The molecule has 0 unspecified atom stereocenters. The van der Waals surface area contributed by atoms with Gasteiger partial charge in [-0.05, 0) is 12.8 Å². The van der Waals surface area contributed by atoms with E-state index in [0.29, 0.717) is 0 Å². The topological polar surface area (TPSA) is 114 Å². The molecule has 1 heterocycles. The van der Waals surface area contributed by atoms with Gasteiger partial charge in [0.15, 0.2) is 31.9 Å². The molecule has 0 bridgehead atoms. The van der Waals surface area contributed by atoms with Gasteiger partial charge in [-0.1, -0.05) is 13.0 Å². The van der Waals surface area contributed by atoms with Crippen molar-refractivity contribution < 1.29 is 61.0 Å². The molecular weight excluding hydrogens is 550 g/mol. The zero-order chi connectivity index (χ0) is 27.6. The van der Waals surface area contributed by atoms with E-state index in [1.54, 1.807) is 21.3 Å². The molecule has 9 nitrogen and oxygen atoms in total. The van der Waals surface area contributed by atoms with Crippen molar-refractivity contribution in [3.8, 4) is 0 Å². The van der Waals surface area contributed by atoms with Crippen molar-refractivity contribution in [2.45, 2.75) is 56.2 Å². The largest absolute Gasteiger partial charge is 0.500 e. The van der Waals surface area contributed by atoms with Gasteiger partial charge in [-0.3, -0.25) is 0 Å². The molecule has 1 aromatic heterocycles. The normalized spacial score (nSPS) is 13.3. The third-order valence-electron chi connectivity index (χ3n) is 4.39. The molecule has 0 amide bonds. The third-order valence-corrected chi connectivity index (χ3v) is 9.96. The predicted octanol–water partition coefficient (Wildman–Crippen LogP) is 3.64. The Hall–Kier alpha value is -1.31. The summed E-state index contributed by atoms with van der Waals surface area (Å²) in [5.41, 5.74) is -11.0. The summed E-state index contributed by atoms with van der Waals surface area (Å²) in [4.78, 5) is 0. The Morgan fingerprint density at radius 3 is 1.77 bits per heavy atom. The summed E-state index contributed by atoms with van der Waals surface area (Å²) in [7, 11) is -10.8. The fourth-order valence-electron chi connectivity index (χ4n) is 2.61. The molecular formula is C17H28F6N2O7S2Si. The van der Waals surface area contributed by atoms with Crippen LogP contribution in [0.15, 0.2) is 24.4 Å². The van der Waals surface area contributed by atoms with Gasteiger partial charge >= 0.3 is 19.8 Å². The Balaban J connectivity index is 0.000000691. The van der Waals surface area contributed by atoms with Crippen molar-refractivity contribution in [3.63, 3.8) is 0 Å². The average molecular weight is 579 g/mol. The lowest BCUT2D eigenvalue weighted by Gasteiger charge is -2.23. The number of hydrogen-bond acceptors (Lipinski definition) is 7. The standard InChI is InChI=1S/C15H28NO3Si.C2F6NO4S2/c1-5-10-15-11-6-7-12-16(15)13-8-9-14-20(17-2,18-3)19-4;3-1(4,5)14(10,11)9-15(12,13)2(6,7)8/h6-7,11-12H,5,8-10,13-14H2,1-4H3;/q+1;-1. The monoisotopic (exact) mass is 578 g/mol. The molecule has 0 aromatic carbocycles. The number of rotatable bonds is 12. The van der Waals surface area contributed by atoms with E-state index in [2.05, 4.69) is 35.9 Å². The van der Waals surface area contributed by atoms with Gasteiger partial charge in [0.2, 0.25) is 0 Å². The van der Waals surface area contributed by atoms with Gasteiger partial charge in [-0.15, -0.1) is 0 Å². The SMILES string of the molecule is CCCc1cccc[n+]1CCCC[Si](OC)(OC)OC.O=S(=O)([N-]S(=O)(=O)C(F)(F)F)C(F)(F)F. The van der Waals surface area contributed by atoms with Crippen molar-refractivity contribution in [3.05, 3.63) is 34.2 Å². The first kappa shape index (κ1) is 33.7. The zero-order valence-corrected chi connectivity index (χ0v) is 22.0. The molecule has 0 fully saturated rings. The number of pyridine rings is 1. The first-order valence-corrected chi connectivity index (χ1v) is 14.7. The summed E-state index contributed by atoms with van der Waals surface area (Å²) < 4.78 is 128. The Morgan fingerprint density at radius 2 is 1.37 bits per heavy atom. The maximum Gasteiger partial charge on any atom is 0.500 e. The predicted molar refractivity (Wildman–Crippen MR) is 115 cm³/mol. The minimum absolute atomic E-state index is 0.778. The van der Waals surface area contributed by atoms with Crippen LogP contribution in [0.3, 0.4) is 0 Å².